The second kappa shape index (κ2) is 8.86. The molecular weight excluding hydrogens is 324 g/mol. The van der Waals surface area contributed by atoms with E-state index >= 15 is 0 Å². The molecule has 1 atom stereocenters. The van der Waals surface area contributed by atoms with Gasteiger partial charge < -0.3 is 15.0 Å². The molecule has 1 fully saturated rings. The number of ether oxygens (including phenoxy) is 1. The van der Waals surface area contributed by atoms with E-state index in [1.54, 1.807) is 12.0 Å². The average molecular weight is 353 g/mol. The largest absolute Gasteiger partial charge is 0.497 e. The topological polar surface area (TPSA) is 42.8 Å². The van der Waals surface area contributed by atoms with Gasteiger partial charge in [-0.1, -0.05) is 42.5 Å². The van der Waals surface area contributed by atoms with Gasteiger partial charge in [0.15, 0.2) is 0 Å². The van der Waals surface area contributed by atoms with Gasteiger partial charge in [0.2, 0.25) is 5.91 Å². The number of carbonyl (C=O) groups is 1. The Morgan fingerprint density at radius 3 is 2.58 bits per heavy atom. The third kappa shape index (κ3) is 4.85. The fourth-order valence-corrected chi connectivity index (χ4v) is 3.69. The molecule has 0 aromatic heterocycles. The molecule has 1 heterocycles. The van der Waals surface area contributed by atoms with E-state index in [2.05, 4.69) is 36.5 Å². The summed E-state index contributed by atoms with van der Waals surface area (Å²) < 4.78 is 5.30. The zero-order valence-corrected chi connectivity index (χ0v) is 15.7. The minimum atomic E-state index is 0.0610. The molecule has 1 aliphatic heterocycles. The van der Waals surface area contributed by atoms with Crippen LogP contribution in [-0.2, 0) is 11.3 Å². The monoisotopic (exact) mass is 353 g/mol. The van der Waals surface area contributed by atoms with Crippen LogP contribution in [0.25, 0.3) is 0 Å². The first-order valence-corrected chi connectivity index (χ1v) is 9.47. The lowest BCUT2D eigenvalue weighted by atomic mass is 9.95. The van der Waals surface area contributed by atoms with Crippen LogP contribution in [0.15, 0.2) is 54.6 Å². The number of piperidine rings is 1. The van der Waals surface area contributed by atoms with Crippen molar-refractivity contribution in [2.24, 2.45) is 5.92 Å². The number of rotatable bonds is 6. The highest BCUT2D eigenvalue weighted by Crippen LogP contribution is 2.16. The van der Waals surface area contributed by atoms with Crippen molar-refractivity contribution in [3.05, 3.63) is 65.7 Å². The summed E-state index contributed by atoms with van der Waals surface area (Å²) in [4.78, 5) is 14.1. The van der Waals surface area contributed by atoms with Crippen molar-refractivity contribution in [1.82, 2.24) is 5.32 Å². The number of amides is 1. The minimum absolute atomic E-state index is 0.0610. The Morgan fingerprint density at radius 1 is 1.15 bits per heavy atom. The van der Waals surface area contributed by atoms with Gasteiger partial charge in [0.05, 0.1) is 26.2 Å². The summed E-state index contributed by atoms with van der Waals surface area (Å²) >= 11 is 0. The first-order valence-electron chi connectivity index (χ1n) is 9.47. The van der Waals surface area contributed by atoms with Crippen LogP contribution in [0.2, 0.25) is 0 Å². The van der Waals surface area contributed by atoms with Crippen molar-refractivity contribution in [1.29, 1.82) is 0 Å². The molecule has 1 amide bonds. The van der Waals surface area contributed by atoms with E-state index in [0.29, 0.717) is 0 Å². The van der Waals surface area contributed by atoms with Crippen molar-refractivity contribution in [2.45, 2.75) is 32.4 Å². The highest BCUT2D eigenvalue weighted by molar-refractivity contribution is 5.79. The zero-order chi connectivity index (χ0) is 18.4. The van der Waals surface area contributed by atoms with Crippen molar-refractivity contribution < 1.29 is 14.4 Å². The molecule has 0 radical (unpaired) electrons. The predicted octanol–water partition coefficient (Wildman–Crippen LogP) is 2.37. The van der Waals surface area contributed by atoms with Crippen molar-refractivity contribution in [3.63, 3.8) is 0 Å². The zero-order valence-electron chi connectivity index (χ0n) is 15.7. The number of carbonyl (C=O) groups excluding carboxylic acids is 1. The Bertz CT molecular complexity index is 709. The molecule has 2 aromatic carbocycles. The SMILES string of the molecule is COc1cccc(C[NH+]2CCC(C(=O)N[C@H](C)c3ccccc3)CC2)c1. The summed E-state index contributed by atoms with van der Waals surface area (Å²) in [5.41, 5.74) is 2.45. The molecule has 3 rings (SSSR count). The van der Waals surface area contributed by atoms with Crippen LogP contribution in [0.5, 0.6) is 5.75 Å². The lowest BCUT2D eigenvalue weighted by Crippen LogP contribution is -3.11. The molecule has 0 aliphatic carbocycles. The average Bonchev–Trinajstić information content (AvgIpc) is 2.69. The van der Waals surface area contributed by atoms with E-state index in [1.807, 2.05) is 30.3 Å². The van der Waals surface area contributed by atoms with Crippen LogP contribution in [0, 0.1) is 5.92 Å². The first-order chi connectivity index (χ1) is 12.7. The van der Waals surface area contributed by atoms with E-state index in [1.165, 1.54) is 5.56 Å². The van der Waals surface area contributed by atoms with E-state index in [-0.39, 0.29) is 17.9 Å². The van der Waals surface area contributed by atoms with Crippen LogP contribution in [0.1, 0.15) is 36.9 Å². The molecule has 138 valence electrons. The maximum Gasteiger partial charge on any atom is 0.224 e. The van der Waals surface area contributed by atoms with E-state index in [4.69, 9.17) is 4.74 Å². The summed E-state index contributed by atoms with van der Waals surface area (Å²) in [5, 5.41) is 3.18. The van der Waals surface area contributed by atoms with Gasteiger partial charge in [-0.05, 0) is 24.6 Å². The second-order valence-electron chi connectivity index (χ2n) is 7.19. The van der Waals surface area contributed by atoms with E-state index < -0.39 is 0 Å². The molecule has 2 N–H and O–H groups in total. The van der Waals surface area contributed by atoms with Gasteiger partial charge >= 0.3 is 0 Å². The summed E-state index contributed by atoms with van der Waals surface area (Å²) in [5.74, 6) is 1.24. The summed E-state index contributed by atoms with van der Waals surface area (Å²) in [6.07, 6.45) is 1.90. The van der Waals surface area contributed by atoms with Crippen LogP contribution in [0.3, 0.4) is 0 Å². The maximum atomic E-state index is 12.6. The van der Waals surface area contributed by atoms with Crippen LogP contribution in [-0.4, -0.2) is 26.1 Å². The Balaban J connectivity index is 1.47. The van der Waals surface area contributed by atoms with E-state index in [0.717, 1.165) is 43.8 Å². The number of methoxy groups -OCH3 is 1. The normalized spacial score (nSPS) is 21.0. The Kier molecular flexibility index (Phi) is 6.29. The number of likely N-dealkylation sites (tertiary alicyclic amines) is 1. The molecule has 4 nitrogen and oxygen atoms in total. The molecule has 4 heteroatoms. The molecular formula is C22H29N2O2+. The minimum Gasteiger partial charge on any atom is -0.497 e. The van der Waals surface area contributed by atoms with Gasteiger partial charge in [0.1, 0.15) is 12.3 Å². The fourth-order valence-electron chi connectivity index (χ4n) is 3.69. The predicted molar refractivity (Wildman–Crippen MR) is 103 cm³/mol. The molecule has 1 saturated heterocycles. The van der Waals surface area contributed by atoms with Gasteiger partial charge in [-0.25, -0.2) is 0 Å². The van der Waals surface area contributed by atoms with Gasteiger partial charge in [-0.3, -0.25) is 4.79 Å². The van der Waals surface area contributed by atoms with Gasteiger partial charge in [-0.15, -0.1) is 0 Å². The Labute approximate surface area is 156 Å². The van der Waals surface area contributed by atoms with Crippen molar-refractivity contribution in [2.75, 3.05) is 20.2 Å². The first kappa shape index (κ1) is 18.5. The van der Waals surface area contributed by atoms with Crippen molar-refractivity contribution >= 4 is 5.91 Å². The Morgan fingerprint density at radius 2 is 1.88 bits per heavy atom. The van der Waals surface area contributed by atoms with Crippen molar-refractivity contribution in [3.8, 4) is 5.75 Å². The third-order valence-corrected chi connectivity index (χ3v) is 5.31. The smallest absolute Gasteiger partial charge is 0.224 e. The number of hydrogen-bond donors (Lipinski definition) is 2. The number of nitrogens with one attached hydrogen (secondary N) is 2. The number of hydrogen-bond acceptors (Lipinski definition) is 2. The molecule has 0 saturated carbocycles. The maximum absolute atomic E-state index is 12.6. The van der Waals surface area contributed by atoms with Crippen LogP contribution >= 0.6 is 0 Å². The van der Waals surface area contributed by atoms with Gasteiger partial charge in [-0.2, -0.15) is 0 Å². The molecule has 0 unspecified atom stereocenters. The Hall–Kier alpha value is -2.33. The highest BCUT2D eigenvalue weighted by atomic mass is 16.5. The van der Waals surface area contributed by atoms with Gasteiger partial charge in [0, 0.05) is 24.3 Å². The van der Waals surface area contributed by atoms with E-state index in [9.17, 15) is 4.79 Å². The number of benzene rings is 2. The molecule has 2 aromatic rings. The fraction of sp³-hybridized carbons (Fsp3) is 0.409. The highest BCUT2D eigenvalue weighted by Gasteiger charge is 2.28. The van der Waals surface area contributed by atoms with Crippen LogP contribution in [0.4, 0.5) is 0 Å². The summed E-state index contributed by atoms with van der Waals surface area (Å²) in [6, 6.07) is 18.5. The summed E-state index contributed by atoms with van der Waals surface area (Å²) in [7, 11) is 1.70. The quantitative estimate of drug-likeness (QED) is 0.837. The third-order valence-electron chi connectivity index (χ3n) is 5.31. The van der Waals surface area contributed by atoms with Gasteiger partial charge in [0.25, 0.3) is 0 Å². The summed E-state index contributed by atoms with van der Waals surface area (Å²) in [6.45, 7) is 5.12. The molecule has 0 spiro atoms. The lowest BCUT2D eigenvalue weighted by Gasteiger charge is -2.29. The number of quaternary nitrogens is 1. The van der Waals surface area contributed by atoms with Crippen LogP contribution < -0.4 is 15.0 Å². The molecule has 1 aliphatic rings. The second-order valence-corrected chi connectivity index (χ2v) is 7.19. The molecule has 26 heavy (non-hydrogen) atoms. The standard InChI is InChI=1S/C22H28N2O2/c1-17(19-8-4-3-5-9-19)23-22(25)20-11-13-24(14-12-20)16-18-7-6-10-21(15-18)26-2/h3-10,15,17,20H,11-14,16H2,1-2H3,(H,23,25)/p+1/t17-/m1/s1. The molecule has 0 bridgehead atoms. The lowest BCUT2D eigenvalue weighted by molar-refractivity contribution is -0.919.